The summed E-state index contributed by atoms with van der Waals surface area (Å²) in [6, 6.07) is 11.3. The fraction of sp³-hybridized carbons (Fsp3) is 0.176. The third-order valence-electron chi connectivity index (χ3n) is 3.32. The Morgan fingerprint density at radius 2 is 1.75 bits per heavy atom. The maximum Gasteiger partial charge on any atom is 0.340 e. The van der Waals surface area contributed by atoms with Gasteiger partial charge in [0.15, 0.2) is 6.61 Å². The molecule has 0 aromatic heterocycles. The van der Waals surface area contributed by atoms with E-state index >= 15 is 0 Å². The summed E-state index contributed by atoms with van der Waals surface area (Å²) < 4.78 is 4.97. The number of halogens is 2. The molecule has 0 aliphatic heterocycles. The van der Waals surface area contributed by atoms with Crippen molar-refractivity contribution in [3.8, 4) is 0 Å². The summed E-state index contributed by atoms with van der Waals surface area (Å²) in [5, 5.41) is 3.77. The molecule has 1 amide bonds. The van der Waals surface area contributed by atoms with Crippen molar-refractivity contribution in [1.82, 2.24) is 5.32 Å². The SMILES string of the molecule is C[C@@H](NC(=O)COC(=O)c1ccc(Cl)cc1N)c1ccc(Cl)cc1. The zero-order valence-corrected chi connectivity index (χ0v) is 14.4. The molecule has 7 heteroatoms. The minimum absolute atomic E-state index is 0.165. The Balaban J connectivity index is 1.88. The van der Waals surface area contributed by atoms with Gasteiger partial charge in [-0.2, -0.15) is 0 Å². The Hall–Kier alpha value is -2.24. The number of carbonyl (C=O) groups is 2. The number of amides is 1. The number of nitrogen functional groups attached to an aromatic ring is 1. The van der Waals surface area contributed by atoms with E-state index in [0.29, 0.717) is 10.0 Å². The van der Waals surface area contributed by atoms with Crippen molar-refractivity contribution in [2.45, 2.75) is 13.0 Å². The molecule has 3 N–H and O–H groups in total. The van der Waals surface area contributed by atoms with E-state index in [9.17, 15) is 9.59 Å². The number of carbonyl (C=O) groups excluding carboxylic acids is 2. The van der Waals surface area contributed by atoms with Gasteiger partial charge in [-0.05, 0) is 42.8 Å². The van der Waals surface area contributed by atoms with E-state index in [1.54, 1.807) is 12.1 Å². The van der Waals surface area contributed by atoms with E-state index in [-0.39, 0.29) is 17.3 Å². The summed E-state index contributed by atoms with van der Waals surface area (Å²) in [6.45, 7) is 1.42. The first-order chi connectivity index (χ1) is 11.4. The minimum Gasteiger partial charge on any atom is -0.452 e. The van der Waals surface area contributed by atoms with Gasteiger partial charge in [-0.1, -0.05) is 35.3 Å². The highest BCUT2D eigenvalue weighted by molar-refractivity contribution is 6.31. The van der Waals surface area contributed by atoms with Crippen molar-refractivity contribution in [2.24, 2.45) is 0 Å². The molecule has 0 heterocycles. The monoisotopic (exact) mass is 366 g/mol. The number of benzene rings is 2. The first-order valence-corrected chi connectivity index (χ1v) is 7.89. The van der Waals surface area contributed by atoms with Gasteiger partial charge in [-0.3, -0.25) is 4.79 Å². The molecular formula is C17H16Cl2N2O3. The third-order valence-corrected chi connectivity index (χ3v) is 3.80. The highest BCUT2D eigenvalue weighted by atomic mass is 35.5. The van der Waals surface area contributed by atoms with Crippen LogP contribution >= 0.6 is 23.2 Å². The summed E-state index contributed by atoms with van der Waals surface area (Å²) in [5.74, 6) is -1.10. The molecule has 0 aliphatic carbocycles. The molecule has 0 spiro atoms. The molecule has 5 nitrogen and oxygen atoms in total. The molecular weight excluding hydrogens is 351 g/mol. The van der Waals surface area contributed by atoms with Crippen LogP contribution in [0.3, 0.4) is 0 Å². The zero-order valence-electron chi connectivity index (χ0n) is 12.9. The lowest BCUT2D eigenvalue weighted by Gasteiger charge is -2.14. The average Bonchev–Trinajstić information content (AvgIpc) is 2.53. The Labute approximate surface area is 149 Å². The fourth-order valence-corrected chi connectivity index (χ4v) is 2.35. The van der Waals surface area contributed by atoms with E-state index in [2.05, 4.69) is 5.32 Å². The van der Waals surface area contributed by atoms with Gasteiger partial charge in [-0.25, -0.2) is 4.79 Å². The highest BCUT2D eigenvalue weighted by Crippen LogP contribution is 2.19. The van der Waals surface area contributed by atoms with Crippen LogP contribution in [0.5, 0.6) is 0 Å². The van der Waals surface area contributed by atoms with Crippen LogP contribution in [0.1, 0.15) is 28.9 Å². The van der Waals surface area contributed by atoms with E-state index in [0.717, 1.165) is 5.56 Å². The Bertz CT molecular complexity index is 748. The summed E-state index contributed by atoms with van der Waals surface area (Å²) in [4.78, 5) is 23.8. The van der Waals surface area contributed by atoms with Crippen LogP contribution in [-0.4, -0.2) is 18.5 Å². The van der Waals surface area contributed by atoms with Gasteiger partial charge in [0, 0.05) is 15.7 Å². The quantitative estimate of drug-likeness (QED) is 0.625. The fourth-order valence-electron chi connectivity index (χ4n) is 2.05. The van der Waals surface area contributed by atoms with E-state index in [1.807, 2.05) is 19.1 Å². The number of nitrogens with two attached hydrogens (primary N) is 1. The van der Waals surface area contributed by atoms with Gasteiger partial charge in [-0.15, -0.1) is 0 Å². The molecule has 2 rings (SSSR count). The van der Waals surface area contributed by atoms with Gasteiger partial charge in [0.05, 0.1) is 11.6 Å². The first kappa shape index (κ1) is 18.1. The van der Waals surface area contributed by atoms with Crippen LogP contribution < -0.4 is 11.1 Å². The number of hydrogen-bond donors (Lipinski definition) is 2. The second-order valence-electron chi connectivity index (χ2n) is 5.15. The van der Waals surface area contributed by atoms with E-state index in [4.69, 9.17) is 33.7 Å². The predicted molar refractivity (Wildman–Crippen MR) is 94.2 cm³/mol. The molecule has 24 heavy (non-hydrogen) atoms. The van der Waals surface area contributed by atoms with Crippen LogP contribution in [0.2, 0.25) is 10.0 Å². The Morgan fingerprint density at radius 1 is 1.12 bits per heavy atom. The van der Waals surface area contributed by atoms with Crippen molar-refractivity contribution in [3.63, 3.8) is 0 Å². The zero-order chi connectivity index (χ0) is 17.7. The normalized spacial score (nSPS) is 11.6. The maximum absolute atomic E-state index is 11.9. The summed E-state index contributed by atoms with van der Waals surface area (Å²) >= 11 is 11.6. The van der Waals surface area contributed by atoms with Crippen molar-refractivity contribution in [2.75, 3.05) is 12.3 Å². The van der Waals surface area contributed by atoms with Crippen LogP contribution in [-0.2, 0) is 9.53 Å². The van der Waals surface area contributed by atoms with Crippen LogP contribution in [0.25, 0.3) is 0 Å². The molecule has 2 aromatic carbocycles. The highest BCUT2D eigenvalue weighted by Gasteiger charge is 2.15. The molecule has 126 valence electrons. The van der Waals surface area contributed by atoms with Gasteiger partial charge in [0.25, 0.3) is 5.91 Å². The summed E-state index contributed by atoms with van der Waals surface area (Å²) in [6.07, 6.45) is 0. The maximum atomic E-state index is 11.9. The molecule has 2 aromatic rings. The van der Waals surface area contributed by atoms with Gasteiger partial charge < -0.3 is 15.8 Å². The average molecular weight is 367 g/mol. The number of ether oxygens (including phenoxy) is 1. The van der Waals surface area contributed by atoms with Gasteiger partial charge in [0.2, 0.25) is 0 Å². The molecule has 0 fully saturated rings. The molecule has 0 saturated heterocycles. The second kappa shape index (κ2) is 8.04. The van der Waals surface area contributed by atoms with Crippen LogP contribution in [0.15, 0.2) is 42.5 Å². The lowest BCUT2D eigenvalue weighted by atomic mass is 10.1. The Morgan fingerprint density at radius 3 is 2.38 bits per heavy atom. The molecule has 0 aliphatic rings. The van der Waals surface area contributed by atoms with E-state index < -0.39 is 18.5 Å². The lowest BCUT2D eigenvalue weighted by Crippen LogP contribution is -2.31. The molecule has 0 bridgehead atoms. The second-order valence-corrected chi connectivity index (χ2v) is 6.02. The molecule has 1 atom stereocenters. The van der Waals surface area contributed by atoms with E-state index in [1.165, 1.54) is 18.2 Å². The number of nitrogens with one attached hydrogen (secondary N) is 1. The first-order valence-electron chi connectivity index (χ1n) is 7.14. The minimum atomic E-state index is -0.682. The van der Waals surface area contributed by atoms with Crippen molar-refractivity contribution in [3.05, 3.63) is 63.6 Å². The lowest BCUT2D eigenvalue weighted by molar-refractivity contribution is -0.124. The van der Waals surface area contributed by atoms with Crippen molar-refractivity contribution in [1.29, 1.82) is 0 Å². The van der Waals surface area contributed by atoms with Crippen LogP contribution in [0.4, 0.5) is 5.69 Å². The molecule has 0 unspecified atom stereocenters. The van der Waals surface area contributed by atoms with Gasteiger partial charge in [0.1, 0.15) is 0 Å². The van der Waals surface area contributed by atoms with Crippen molar-refractivity contribution < 1.29 is 14.3 Å². The summed E-state index contributed by atoms with van der Waals surface area (Å²) in [7, 11) is 0. The smallest absolute Gasteiger partial charge is 0.340 e. The number of anilines is 1. The number of rotatable bonds is 5. The predicted octanol–water partition coefficient (Wildman–Crippen LogP) is 3.61. The summed E-state index contributed by atoms with van der Waals surface area (Å²) in [5.41, 5.74) is 6.95. The molecule has 0 radical (unpaired) electrons. The van der Waals surface area contributed by atoms with Gasteiger partial charge >= 0.3 is 5.97 Å². The van der Waals surface area contributed by atoms with Crippen LogP contribution in [0, 0.1) is 0 Å². The largest absolute Gasteiger partial charge is 0.452 e. The standard InChI is InChI=1S/C17H16Cl2N2O3/c1-10(11-2-4-12(18)5-3-11)21-16(22)9-24-17(23)14-7-6-13(19)8-15(14)20/h2-8,10H,9,20H2,1H3,(H,21,22)/t10-/m1/s1. The number of hydrogen-bond acceptors (Lipinski definition) is 4. The molecule has 0 saturated carbocycles. The Kier molecular flexibility index (Phi) is 6.06. The topological polar surface area (TPSA) is 81.4 Å². The number of esters is 1. The third kappa shape index (κ3) is 4.88. The van der Waals surface area contributed by atoms with Crippen molar-refractivity contribution >= 4 is 40.8 Å².